The number of phenols is 2. The van der Waals surface area contributed by atoms with E-state index in [-0.39, 0.29) is 0 Å². The van der Waals surface area contributed by atoms with Crippen molar-refractivity contribution in [3.63, 3.8) is 0 Å². The van der Waals surface area contributed by atoms with Crippen molar-refractivity contribution in [1.29, 1.82) is 0 Å². The van der Waals surface area contributed by atoms with E-state index < -0.39 is 0 Å². The Hall–Kier alpha value is -1.96. The molecule has 2 rings (SSSR count). The molecule has 0 saturated carbocycles. The van der Waals surface area contributed by atoms with E-state index in [1.54, 1.807) is 12.1 Å². The lowest BCUT2D eigenvalue weighted by atomic mass is 10.1. The fourth-order valence-corrected chi connectivity index (χ4v) is 1.75. The van der Waals surface area contributed by atoms with Crippen LogP contribution in [0.15, 0.2) is 30.3 Å². The van der Waals surface area contributed by atoms with Gasteiger partial charge in [-0.1, -0.05) is 18.2 Å². The van der Waals surface area contributed by atoms with E-state index in [4.69, 9.17) is 5.11 Å². The quantitative estimate of drug-likeness (QED) is 0.738. The molecule has 0 fully saturated rings. The number of rotatable bonds is 0. The van der Waals surface area contributed by atoms with Crippen LogP contribution >= 0.6 is 0 Å². The molecule has 0 aliphatic heterocycles. The van der Waals surface area contributed by atoms with Crippen molar-refractivity contribution < 1.29 is 10.2 Å². The molecule has 0 saturated heterocycles. The molecule has 102 valence electrons. The molecule has 2 aromatic carbocycles. The van der Waals surface area contributed by atoms with Crippen LogP contribution < -0.4 is 0 Å². The summed E-state index contributed by atoms with van der Waals surface area (Å²) in [6.07, 6.45) is 0. The van der Waals surface area contributed by atoms with Gasteiger partial charge in [0.1, 0.15) is 11.5 Å². The molecule has 0 heterocycles. The Morgan fingerprint density at radius 2 is 1.26 bits per heavy atom. The SMILES string of the molecule is Cc1cc(C)c(C)c(O)c1.Cc1cccc(O)c1C. The summed E-state index contributed by atoms with van der Waals surface area (Å²) in [6, 6.07) is 9.37. The topological polar surface area (TPSA) is 40.5 Å². The molecule has 0 amide bonds. The van der Waals surface area contributed by atoms with E-state index in [1.807, 2.05) is 46.8 Å². The van der Waals surface area contributed by atoms with Crippen LogP contribution in [0.4, 0.5) is 0 Å². The van der Waals surface area contributed by atoms with E-state index in [0.717, 1.165) is 27.8 Å². The van der Waals surface area contributed by atoms with Crippen molar-refractivity contribution in [3.8, 4) is 11.5 Å². The highest BCUT2D eigenvalue weighted by molar-refractivity contribution is 5.40. The van der Waals surface area contributed by atoms with E-state index in [2.05, 4.69) is 6.07 Å². The molecule has 0 spiro atoms. The number of benzene rings is 2. The summed E-state index contributed by atoms with van der Waals surface area (Å²) in [5.74, 6) is 0.785. The molecule has 0 aliphatic carbocycles. The summed E-state index contributed by atoms with van der Waals surface area (Å²) >= 11 is 0. The van der Waals surface area contributed by atoms with Crippen LogP contribution in [-0.2, 0) is 0 Å². The number of hydrogen-bond acceptors (Lipinski definition) is 2. The van der Waals surface area contributed by atoms with Crippen LogP contribution in [0.1, 0.15) is 27.8 Å². The van der Waals surface area contributed by atoms with Gasteiger partial charge in [-0.3, -0.25) is 0 Å². The molecule has 0 radical (unpaired) electrons. The zero-order valence-electron chi connectivity index (χ0n) is 12.3. The minimum atomic E-state index is 0.384. The van der Waals surface area contributed by atoms with Crippen molar-refractivity contribution in [2.24, 2.45) is 0 Å². The van der Waals surface area contributed by atoms with E-state index in [0.29, 0.717) is 11.5 Å². The minimum Gasteiger partial charge on any atom is -0.508 e. The Balaban J connectivity index is 0.000000191. The van der Waals surface area contributed by atoms with Crippen molar-refractivity contribution >= 4 is 0 Å². The average Bonchev–Trinajstić information content (AvgIpc) is 2.33. The number of aryl methyl sites for hydroxylation is 3. The van der Waals surface area contributed by atoms with Crippen molar-refractivity contribution in [3.05, 3.63) is 58.1 Å². The number of hydrogen-bond donors (Lipinski definition) is 2. The second-order valence-electron chi connectivity index (χ2n) is 4.94. The van der Waals surface area contributed by atoms with E-state index in [9.17, 15) is 5.11 Å². The third-order valence-electron chi connectivity index (χ3n) is 3.36. The van der Waals surface area contributed by atoms with Crippen molar-refractivity contribution in [2.45, 2.75) is 34.6 Å². The maximum atomic E-state index is 9.28. The van der Waals surface area contributed by atoms with Gasteiger partial charge in [-0.25, -0.2) is 0 Å². The fourth-order valence-electron chi connectivity index (χ4n) is 1.75. The van der Waals surface area contributed by atoms with E-state index >= 15 is 0 Å². The molecule has 19 heavy (non-hydrogen) atoms. The Bertz CT molecular complexity index is 528. The molecular formula is C17H22O2. The Kier molecular flexibility index (Phi) is 4.99. The summed E-state index contributed by atoms with van der Waals surface area (Å²) in [5.41, 5.74) is 5.34. The lowest BCUT2D eigenvalue weighted by Gasteiger charge is -2.03. The molecule has 0 unspecified atom stereocenters. The third kappa shape index (κ3) is 4.02. The van der Waals surface area contributed by atoms with Gasteiger partial charge in [0.2, 0.25) is 0 Å². The predicted octanol–water partition coefficient (Wildman–Crippen LogP) is 4.33. The highest BCUT2D eigenvalue weighted by Gasteiger charge is 1.98. The largest absolute Gasteiger partial charge is 0.508 e. The summed E-state index contributed by atoms with van der Waals surface area (Å²) in [5, 5.41) is 18.4. The van der Waals surface area contributed by atoms with Crippen molar-refractivity contribution in [2.75, 3.05) is 0 Å². The summed E-state index contributed by atoms with van der Waals surface area (Å²) in [4.78, 5) is 0. The van der Waals surface area contributed by atoms with Crippen LogP contribution in [0.2, 0.25) is 0 Å². The Morgan fingerprint density at radius 1 is 0.684 bits per heavy atom. The first-order chi connectivity index (χ1) is 8.82. The predicted molar refractivity (Wildman–Crippen MR) is 79.9 cm³/mol. The first-order valence-corrected chi connectivity index (χ1v) is 6.35. The molecule has 0 aromatic heterocycles. The second-order valence-corrected chi connectivity index (χ2v) is 4.94. The molecule has 2 nitrogen and oxygen atoms in total. The smallest absolute Gasteiger partial charge is 0.119 e. The van der Waals surface area contributed by atoms with Crippen LogP contribution in [0.5, 0.6) is 11.5 Å². The van der Waals surface area contributed by atoms with Crippen LogP contribution in [0, 0.1) is 34.6 Å². The zero-order chi connectivity index (χ0) is 14.6. The van der Waals surface area contributed by atoms with Gasteiger partial charge in [-0.05, 0) is 74.6 Å². The van der Waals surface area contributed by atoms with Gasteiger partial charge in [0.25, 0.3) is 0 Å². The van der Waals surface area contributed by atoms with Crippen LogP contribution in [-0.4, -0.2) is 10.2 Å². The molecule has 2 heteroatoms. The lowest BCUT2D eigenvalue weighted by molar-refractivity contribution is 0.469. The molecule has 0 atom stereocenters. The summed E-state index contributed by atoms with van der Waals surface area (Å²) in [6.45, 7) is 9.79. The van der Waals surface area contributed by atoms with Crippen molar-refractivity contribution in [1.82, 2.24) is 0 Å². The first-order valence-electron chi connectivity index (χ1n) is 6.35. The van der Waals surface area contributed by atoms with Gasteiger partial charge in [0.05, 0.1) is 0 Å². The maximum absolute atomic E-state index is 9.28. The van der Waals surface area contributed by atoms with Gasteiger partial charge < -0.3 is 10.2 Å². The molecule has 2 aromatic rings. The minimum absolute atomic E-state index is 0.384. The Morgan fingerprint density at radius 3 is 1.74 bits per heavy atom. The van der Waals surface area contributed by atoms with E-state index in [1.165, 1.54) is 0 Å². The van der Waals surface area contributed by atoms with Gasteiger partial charge in [-0.15, -0.1) is 0 Å². The highest BCUT2D eigenvalue weighted by atomic mass is 16.3. The van der Waals surface area contributed by atoms with Crippen LogP contribution in [0.3, 0.4) is 0 Å². The third-order valence-corrected chi connectivity index (χ3v) is 3.36. The summed E-state index contributed by atoms with van der Waals surface area (Å²) < 4.78 is 0. The fraction of sp³-hybridized carbons (Fsp3) is 0.294. The molecule has 0 bridgehead atoms. The van der Waals surface area contributed by atoms with Gasteiger partial charge in [-0.2, -0.15) is 0 Å². The normalized spacial score (nSPS) is 9.74. The summed E-state index contributed by atoms with van der Waals surface area (Å²) in [7, 11) is 0. The maximum Gasteiger partial charge on any atom is 0.119 e. The monoisotopic (exact) mass is 258 g/mol. The standard InChI is InChI=1S/C9H12O.C8H10O/c1-6-4-7(2)8(3)9(10)5-6;1-6-4-3-5-8(9)7(6)2/h4-5,10H,1-3H3;3-5,9H,1-2H3. The number of phenolic OH excluding ortho intramolecular Hbond substituents is 2. The van der Waals surface area contributed by atoms with Gasteiger partial charge in [0.15, 0.2) is 0 Å². The number of aromatic hydroxyl groups is 2. The lowest BCUT2D eigenvalue weighted by Crippen LogP contribution is -1.82. The second kappa shape index (κ2) is 6.28. The highest BCUT2D eigenvalue weighted by Crippen LogP contribution is 2.21. The van der Waals surface area contributed by atoms with Gasteiger partial charge in [0, 0.05) is 0 Å². The zero-order valence-corrected chi connectivity index (χ0v) is 12.3. The molecule has 2 N–H and O–H groups in total. The average molecular weight is 258 g/mol. The van der Waals surface area contributed by atoms with Crippen LogP contribution in [0.25, 0.3) is 0 Å². The Labute approximate surface area is 115 Å². The molecular weight excluding hydrogens is 236 g/mol. The van der Waals surface area contributed by atoms with Gasteiger partial charge >= 0.3 is 0 Å². The first kappa shape index (κ1) is 15.1. The molecule has 0 aliphatic rings.